The standard InChI is InChI=1S/C11H20N4O/c1-2-3-6-13-9-14-15-11(16)10-4-7-12-8-5-10/h2-3,6,10,12,14H,4-5,7-9H2,1H3,(H,15,16)/b3-2-,13-6?. The summed E-state index contributed by atoms with van der Waals surface area (Å²) in [5, 5.41) is 3.23. The largest absolute Gasteiger partial charge is 0.317 e. The van der Waals surface area contributed by atoms with Gasteiger partial charge in [-0.15, -0.1) is 0 Å². The van der Waals surface area contributed by atoms with Crippen LogP contribution in [0.1, 0.15) is 19.8 Å². The summed E-state index contributed by atoms with van der Waals surface area (Å²) in [7, 11) is 0. The summed E-state index contributed by atoms with van der Waals surface area (Å²) in [6, 6.07) is 0. The first-order valence-corrected chi connectivity index (χ1v) is 5.69. The van der Waals surface area contributed by atoms with Gasteiger partial charge in [-0.1, -0.05) is 6.08 Å². The molecule has 5 nitrogen and oxygen atoms in total. The van der Waals surface area contributed by atoms with E-state index in [0.29, 0.717) is 6.67 Å². The first-order valence-electron chi connectivity index (χ1n) is 5.69. The van der Waals surface area contributed by atoms with E-state index >= 15 is 0 Å². The second-order valence-electron chi connectivity index (χ2n) is 3.71. The molecule has 1 aliphatic heterocycles. The maximum absolute atomic E-state index is 11.6. The van der Waals surface area contributed by atoms with Crippen molar-refractivity contribution in [2.24, 2.45) is 10.9 Å². The fourth-order valence-electron chi connectivity index (χ4n) is 1.56. The van der Waals surface area contributed by atoms with Gasteiger partial charge in [0.25, 0.3) is 0 Å². The number of nitrogens with one attached hydrogen (secondary N) is 3. The normalized spacial score (nSPS) is 18.3. The number of aliphatic imine (C=N–C) groups is 1. The smallest absolute Gasteiger partial charge is 0.237 e. The van der Waals surface area contributed by atoms with Crippen LogP contribution in [0.15, 0.2) is 17.1 Å². The molecular formula is C11H20N4O. The van der Waals surface area contributed by atoms with E-state index in [1.165, 1.54) is 0 Å². The third kappa shape index (κ3) is 5.04. The van der Waals surface area contributed by atoms with Crippen LogP contribution in [-0.4, -0.2) is 31.9 Å². The molecule has 90 valence electrons. The van der Waals surface area contributed by atoms with Crippen LogP contribution < -0.4 is 16.2 Å². The quantitative estimate of drug-likeness (QED) is 0.355. The molecule has 0 aromatic heterocycles. The van der Waals surface area contributed by atoms with Crippen molar-refractivity contribution in [2.45, 2.75) is 19.8 Å². The topological polar surface area (TPSA) is 65.5 Å². The van der Waals surface area contributed by atoms with Crippen molar-refractivity contribution in [3.63, 3.8) is 0 Å². The Morgan fingerprint density at radius 2 is 2.25 bits per heavy atom. The van der Waals surface area contributed by atoms with E-state index in [9.17, 15) is 4.79 Å². The molecule has 5 heteroatoms. The van der Waals surface area contributed by atoms with Crippen molar-refractivity contribution in [2.75, 3.05) is 19.8 Å². The molecule has 0 aliphatic carbocycles. The number of piperidine rings is 1. The monoisotopic (exact) mass is 224 g/mol. The van der Waals surface area contributed by atoms with E-state index in [2.05, 4.69) is 21.2 Å². The first kappa shape index (κ1) is 12.9. The predicted octanol–water partition coefficient (Wildman–Crippen LogP) is 0.211. The lowest BCUT2D eigenvalue weighted by atomic mass is 9.98. The maximum atomic E-state index is 11.6. The van der Waals surface area contributed by atoms with Crippen LogP contribution in [0.25, 0.3) is 0 Å². The first-order chi connectivity index (χ1) is 7.84. The SMILES string of the molecule is C/C=C\C=NCNNC(=O)C1CCNCC1. The van der Waals surface area contributed by atoms with Crippen LogP contribution in [-0.2, 0) is 4.79 Å². The average Bonchev–Trinajstić information content (AvgIpc) is 2.34. The van der Waals surface area contributed by atoms with Gasteiger partial charge in [0.05, 0.1) is 0 Å². The summed E-state index contributed by atoms with van der Waals surface area (Å²) in [5.41, 5.74) is 5.46. The highest BCUT2D eigenvalue weighted by Gasteiger charge is 2.19. The zero-order chi connectivity index (χ0) is 11.6. The lowest BCUT2D eigenvalue weighted by Crippen LogP contribution is -2.44. The van der Waals surface area contributed by atoms with Crippen molar-refractivity contribution in [3.8, 4) is 0 Å². The Bertz CT molecular complexity index is 257. The summed E-state index contributed by atoms with van der Waals surface area (Å²) in [6.07, 6.45) is 7.27. The molecule has 1 rings (SSSR count). The molecule has 0 aromatic rings. The van der Waals surface area contributed by atoms with Gasteiger partial charge in [-0.25, -0.2) is 5.43 Å². The number of amides is 1. The van der Waals surface area contributed by atoms with Crippen LogP contribution in [0.5, 0.6) is 0 Å². The van der Waals surface area contributed by atoms with Crippen LogP contribution in [0.2, 0.25) is 0 Å². The van der Waals surface area contributed by atoms with Crippen molar-refractivity contribution in [1.82, 2.24) is 16.2 Å². The molecule has 0 atom stereocenters. The van der Waals surface area contributed by atoms with Gasteiger partial charge < -0.3 is 5.32 Å². The second-order valence-corrected chi connectivity index (χ2v) is 3.71. The minimum absolute atomic E-state index is 0.0720. The molecule has 0 bridgehead atoms. The number of hydrogen-bond donors (Lipinski definition) is 3. The Labute approximate surface area is 96.4 Å². The van der Waals surface area contributed by atoms with E-state index in [1.54, 1.807) is 6.21 Å². The van der Waals surface area contributed by atoms with Crippen LogP contribution in [0, 0.1) is 5.92 Å². The number of rotatable bonds is 5. The zero-order valence-corrected chi connectivity index (χ0v) is 9.70. The summed E-state index contributed by atoms with van der Waals surface area (Å²) in [6.45, 7) is 4.19. The van der Waals surface area contributed by atoms with Crippen molar-refractivity contribution in [3.05, 3.63) is 12.2 Å². The predicted molar refractivity (Wildman–Crippen MR) is 65.0 cm³/mol. The molecule has 1 fully saturated rings. The van der Waals surface area contributed by atoms with E-state index in [4.69, 9.17) is 0 Å². The van der Waals surface area contributed by atoms with E-state index < -0.39 is 0 Å². The Morgan fingerprint density at radius 1 is 1.50 bits per heavy atom. The molecule has 0 radical (unpaired) electrons. The van der Waals surface area contributed by atoms with Crippen molar-refractivity contribution >= 4 is 12.1 Å². The highest BCUT2D eigenvalue weighted by atomic mass is 16.2. The minimum Gasteiger partial charge on any atom is -0.317 e. The summed E-state index contributed by atoms with van der Waals surface area (Å²) >= 11 is 0. The lowest BCUT2D eigenvalue weighted by Gasteiger charge is -2.21. The summed E-state index contributed by atoms with van der Waals surface area (Å²) in [4.78, 5) is 15.6. The highest BCUT2D eigenvalue weighted by Crippen LogP contribution is 2.10. The zero-order valence-electron chi connectivity index (χ0n) is 9.70. The number of carbonyl (C=O) groups excluding carboxylic acids is 1. The number of nitrogens with zero attached hydrogens (tertiary/aromatic N) is 1. The van der Waals surface area contributed by atoms with Crippen LogP contribution in [0.3, 0.4) is 0 Å². The molecule has 0 spiro atoms. The summed E-state index contributed by atoms with van der Waals surface area (Å²) in [5.74, 6) is 0.205. The third-order valence-electron chi connectivity index (χ3n) is 2.48. The molecule has 1 saturated heterocycles. The minimum atomic E-state index is 0.0720. The van der Waals surface area contributed by atoms with Crippen molar-refractivity contribution in [1.29, 1.82) is 0 Å². The molecule has 0 saturated carbocycles. The van der Waals surface area contributed by atoms with Gasteiger partial charge in [0.2, 0.25) is 5.91 Å². The Kier molecular flexibility index (Phi) is 6.44. The molecular weight excluding hydrogens is 204 g/mol. The molecule has 16 heavy (non-hydrogen) atoms. The molecule has 0 unspecified atom stereocenters. The Balaban J connectivity index is 2.09. The molecule has 1 amide bonds. The van der Waals surface area contributed by atoms with Gasteiger partial charge in [-0.2, -0.15) is 0 Å². The maximum Gasteiger partial charge on any atom is 0.237 e. The van der Waals surface area contributed by atoms with Gasteiger partial charge >= 0.3 is 0 Å². The highest BCUT2D eigenvalue weighted by molar-refractivity contribution is 5.78. The van der Waals surface area contributed by atoms with Crippen LogP contribution >= 0.6 is 0 Å². The van der Waals surface area contributed by atoms with Gasteiger partial charge in [-0.05, 0) is 38.9 Å². The van der Waals surface area contributed by atoms with E-state index in [-0.39, 0.29) is 11.8 Å². The molecule has 1 aliphatic rings. The Morgan fingerprint density at radius 3 is 2.94 bits per heavy atom. The van der Waals surface area contributed by atoms with Gasteiger partial charge in [-0.3, -0.25) is 15.2 Å². The van der Waals surface area contributed by atoms with Gasteiger partial charge in [0.1, 0.15) is 6.67 Å². The fourth-order valence-corrected chi connectivity index (χ4v) is 1.56. The van der Waals surface area contributed by atoms with Crippen LogP contribution in [0.4, 0.5) is 0 Å². The number of hydrazine groups is 1. The molecule has 3 N–H and O–H groups in total. The molecule has 1 heterocycles. The van der Waals surface area contributed by atoms with Crippen molar-refractivity contribution < 1.29 is 4.79 Å². The number of allylic oxidation sites excluding steroid dienone is 2. The summed E-state index contributed by atoms with van der Waals surface area (Å²) < 4.78 is 0. The number of hydrogen-bond acceptors (Lipinski definition) is 4. The average molecular weight is 224 g/mol. The second kappa shape index (κ2) is 8.01. The van der Waals surface area contributed by atoms with E-state index in [0.717, 1.165) is 25.9 Å². The Hall–Kier alpha value is -1.20. The van der Waals surface area contributed by atoms with E-state index in [1.807, 2.05) is 19.1 Å². The fraction of sp³-hybridized carbons (Fsp3) is 0.636. The van der Waals surface area contributed by atoms with Gasteiger partial charge in [0, 0.05) is 12.1 Å². The third-order valence-corrected chi connectivity index (χ3v) is 2.48. The van der Waals surface area contributed by atoms with Gasteiger partial charge in [0.15, 0.2) is 0 Å². The number of carbonyl (C=O) groups is 1. The molecule has 0 aromatic carbocycles. The lowest BCUT2D eigenvalue weighted by molar-refractivity contribution is -0.126.